The van der Waals surface area contributed by atoms with E-state index in [2.05, 4.69) is 22.2 Å². The molecule has 0 unspecified atom stereocenters. The van der Waals surface area contributed by atoms with Crippen molar-refractivity contribution in [3.63, 3.8) is 0 Å². The van der Waals surface area contributed by atoms with E-state index in [9.17, 15) is 9.59 Å². The van der Waals surface area contributed by atoms with Crippen molar-refractivity contribution in [2.75, 3.05) is 7.11 Å². The van der Waals surface area contributed by atoms with Crippen molar-refractivity contribution in [3.8, 4) is 0 Å². The molecule has 0 bridgehead atoms. The lowest BCUT2D eigenvalue weighted by molar-refractivity contribution is -0.121. The van der Waals surface area contributed by atoms with Crippen molar-refractivity contribution in [3.05, 3.63) is 35.4 Å². The molecule has 0 aliphatic rings. The summed E-state index contributed by atoms with van der Waals surface area (Å²) < 4.78 is 4.64. The molecule has 1 aromatic rings. The van der Waals surface area contributed by atoms with Crippen molar-refractivity contribution < 1.29 is 14.3 Å². The largest absolute Gasteiger partial charge is 0.465 e. The molecule has 0 spiro atoms. The highest BCUT2D eigenvalue weighted by atomic mass is 16.5. The molecular weight excluding hydrogens is 316 g/mol. The monoisotopic (exact) mass is 346 g/mol. The molecule has 0 atom stereocenters. The van der Waals surface area contributed by atoms with Gasteiger partial charge in [-0.05, 0) is 24.1 Å². The van der Waals surface area contributed by atoms with E-state index in [4.69, 9.17) is 0 Å². The van der Waals surface area contributed by atoms with Crippen LogP contribution >= 0.6 is 0 Å². The Morgan fingerprint density at radius 3 is 2.20 bits per heavy atom. The van der Waals surface area contributed by atoms with Gasteiger partial charge in [-0.15, -0.1) is 0 Å². The van der Waals surface area contributed by atoms with Gasteiger partial charge in [0.05, 0.1) is 18.9 Å². The van der Waals surface area contributed by atoms with Gasteiger partial charge < -0.3 is 4.74 Å². The number of rotatable bonds is 12. The summed E-state index contributed by atoms with van der Waals surface area (Å²) in [6, 6.07) is 6.83. The first kappa shape index (κ1) is 20.9. The Bertz CT molecular complexity index is 538. The predicted octanol–water partition coefficient (Wildman–Crippen LogP) is 4.45. The molecule has 138 valence electrons. The number of hydrogen-bond acceptors (Lipinski definition) is 4. The third kappa shape index (κ3) is 9.65. The quantitative estimate of drug-likeness (QED) is 0.263. The summed E-state index contributed by atoms with van der Waals surface area (Å²) >= 11 is 0. The van der Waals surface area contributed by atoms with Crippen LogP contribution in [-0.2, 0) is 9.53 Å². The van der Waals surface area contributed by atoms with Gasteiger partial charge in [-0.2, -0.15) is 5.10 Å². The summed E-state index contributed by atoms with van der Waals surface area (Å²) in [6.45, 7) is 2.22. The summed E-state index contributed by atoms with van der Waals surface area (Å²) in [5.74, 6) is -0.435. The van der Waals surface area contributed by atoms with E-state index in [0.717, 1.165) is 18.4 Å². The van der Waals surface area contributed by atoms with Crippen LogP contribution in [0.15, 0.2) is 29.4 Å². The van der Waals surface area contributed by atoms with Gasteiger partial charge in [-0.1, -0.05) is 64.0 Å². The van der Waals surface area contributed by atoms with Crippen LogP contribution in [0.3, 0.4) is 0 Å². The fourth-order valence-corrected chi connectivity index (χ4v) is 2.48. The highest BCUT2D eigenvalue weighted by Crippen LogP contribution is 2.09. The number of hydrogen-bond donors (Lipinski definition) is 1. The maximum absolute atomic E-state index is 11.7. The standard InChI is InChI=1S/C20H30N2O3/c1-3-4-5-6-7-8-9-10-11-19(23)22-21-16-17-12-14-18(15-13-17)20(24)25-2/h12-16H,3-11H2,1-2H3,(H,22,23)/b21-16+. The molecule has 0 aliphatic carbocycles. The first-order chi connectivity index (χ1) is 12.2. The SMILES string of the molecule is CCCCCCCCCCC(=O)N/N=C/c1ccc(C(=O)OC)cc1. The van der Waals surface area contributed by atoms with Crippen LogP contribution in [0.25, 0.3) is 0 Å². The number of carbonyl (C=O) groups is 2. The third-order valence-corrected chi connectivity index (χ3v) is 3.99. The van der Waals surface area contributed by atoms with E-state index < -0.39 is 0 Å². The van der Waals surface area contributed by atoms with Gasteiger partial charge >= 0.3 is 5.97 Å². The number of benzene rings is 1. The number of esters is 1. The number of carbonyl (C=O) groups excluding carboxylic acids is 2. The van der Waals surface area contributed by atoms with Gasteiger partial charge in [0.15, 0.2) is 0 Å². The van der Waals surface area contributed by atoms with E-state index in [1.807, 2.05) is 0 Å². The number of unbranched alkanes of at least 4 members (excludes halogenated alkanes) is 7. The van der Waals surface area contributed by atoms with Crippen LogP contribution in [0, 0.1) is 0 Å². The van der Waals surface area contributed by atoms with Gasteiger partial charge in [0.2, 0.25) is 5.91 Å². The second-order valence-corrected chi connectivity index (χ2v) is 6.13. The second-order valence-electron chi connectivity index (χ2n) is 6.13. The van der Waals surface area contributed by atoms with Gasteiger partial charge in [0, 0.05) is 6.42 Å². The Morgan fingerprint density at radius 1 is 1.00 bits per heavy atom. The van der Waals surface area contributed by atoms with Crippen molar-refractivity contribution in [1.82, 2.24) is 5.43 Å². The van der Waals surface area contributed by atoms with Crippen LogP contribution in [0.2, 0.25) is 0 Å². The van der Waals surface area contributed by atoms with Crippen LogP contribution in [0.4, 0.5) is 0 Å². The Kier molecular flexibility index (Phi) is 11.0. The highest BCUT2D eigenvalue weighted by molar-refractivity contribution is 5.90. The van der Waals surface area contributed by atoms with E-state index in [0.29, 0.717) is 12.0 Å². The van der Waals surface area contributed by atoms with Gasteiger partial charge in [-0.25, -0.2) is 10.2 Å². The fourth-order valence-electron chi connectivity index (χ4n) is 2.48. The van der Waals surface area contributed by atoms with Crippen molar-refractivity contribution >= 4 is 18.1 Å². The van der Waals surface area contributed by atoms with Crippen LogP contribution in [-0.4, -0.2) is 25.2 Å². The first-order valence-corrected chi connectivity index (χ1v) is 9.17. The van der Waals surface area contributed by atoms with Gasteiger partial charge in [0.25, 0.3) is 0 Å². The zero-order valence-electron chi connectivity index (χ0n) is 15.4. The Labute approximate surface area is 150 Å². The molecule has 0 saturated heterocycles. The molecule has 5 nitrogen and oxygen atoms in total. The lowest BCUT2D eigenvalue weighted by atomic mass is 10.1. The topological polar surface area (TPSA) is 67.8 Å². The molecule has 0 heterocycles. The summed E-state index contributed by atoms with van der Waals surface area (Å²) in [6.07, 6.45) is 11.8. The van der Waals surface area contributed by atoms with E-state index in [-0.39, 0.29) is 11.9 Å². The number of amides is 1. The minimum atomic E-state index is -0.373. The molecule has 0 fully saturated rings. The number of methoxy groups -OCH3 is 1. The van der Waals surface area contributed by atoms with Crippen LogP contribution in [0.1, 0.15) is 80.6 Å². The number of nitrogens with one attached hydrogen (secondary N) is 1. The molecule has 0 saturated carbocycles. The summed E-state index contributed by atoms with van der Waals surface area (Å²) in [7, 11) is 1.35. The fraction of sp³-hybridized carbons (Fsp3) is 0.550. The molecule has 1 rings (SSSR count). The average molecular weight is 346 g/mol. The lowest BCUT2D eigenvalue weighted by Gasteiger charge is -2.02. The molecule has 1 amide bonds. The second kappa shape index (κ2) is 13.2. The zero-order valence-corrected chi connectivity index (χ0v) is 15.4. The number of hydrazone groups is 1. The van der Waals surface area contributed by atoms with E-state index in [1.54, 1.807) is 30.5 Å². The third-order valence-electron chi connectivity index (χ3n) is 3.99. The van der Waals surface area contributed by atoms with Crippen LogP contribution < -0.4 is 5.43 Å². The van der Waals surface area contributed by atoms with Gasteiger partial charge in [-0.3, -0.25) is 4.79 Å². The minimum absolute atomic E-state index is 0.0617. The molecule has 1 aromatic carbocycles. The molecule has 0 aliphatic heterocycles. The van der Waals surface area contributed by atoms with Crippen molar-refractivity contribution in [1.29, 1.82) is 0 Å². The summed E-state index contributed by atoms with van der Waals surface area (Å²) in [5.41, 5.74) is 3.83. The average Bonchev–Trinajstić information content (AvgIpc) is 2.64. The lowest BCUT2D eigenvalue weighted by Crippen LogP contribution is -2.16. The van der Waals surface area contributed by atoms with E-state index >= 15 is 0 Å². The molecule has 25 heavy (non-hydrogen) atoms. The maximum atomic E-state index is 11.7. The molecular formula is C20H30N2O3. The van der Waals surface area contributed by atoms with Crippen LogP contribution in [0.5, 0.6) is 0 Å². The highest BCUT2D eigenvalue weighted by Gasteiger charge is 2.03. The first-order valence-electron chi connectivity index (χ1n) is 9.17. The molecule has 5 heteroatoms. The zero-order chi connectivity index (χ0) is 18.3. The number of ether oxygens (including phenoxy) is 1. The normalized spacial score (nSPS) is 10.8. The summed E-state index contributed by atoms with van der Waals surface area (Å²) in [5, 5.41) is 3.94. The molecule has 1 N–H and O–H groups in total. The Balaban J connectivity index is 2.14. The summed E-state index contributed by atoms with van der Waals surface area (Å²) in [4.78, 5) is 23.0. The van der Waals surface area contributed by atoms with Crippen molar-refractivity contribution in [2.24, 2.45) is 5.10 Å². The van der Waals surface area contributed by atoms with E-state index in [1.165, 1.54) is 45.6 Å². The molecule has 0 aromatic heterocycles. The maximum Gasteiger partial charge on any atom is 0.337 e. The minimum Gasteiger partial charge on any atom is -0.465 e. The number of nitrogens with zero attached hydrogens (tertiary/aromatic N) is 1. The smallest absolute Gasteiger partial charge is 0.337 e. The Morgan fingerprint density at radius 2 is 1.60 bits per heavy atom. The van der Waals surface area contributed by atoms with Gasteiger partial charge in [0.1, 0.15) is 0 Å². The Hall–Kier alpha value is -2.17. The molecule has 0 radical (unpaired) electrons. The predicted molar refractivity (Wildman–Crippen MR) is 101 cm³/mol. The van der Waals surface area contributed by atoms with Crippen molar-refractivity contribution in [2.45, 2.75) is 64.7 Å².